The summed E-state index contributed by atoms with van der Waals surface area (Å²) >= 11 is 0. The molecule has 3 aromatic rings. The average Bonchev–Trinajstić information content (AvgIpc) is 2.63. The lowest BCUT2D eigenvalue weighted by Gasteiger charge is -2.25. The number of sulfonamides is 1. The lowest BCUT2D eigenvalue weighted by atomic mass is 10.2. The predicted molar refractivity (Wildman–Crippen MR) is 97.3 cm³/mol. The second-order valence-corrected chi connectivity index (χ2v) is 7.86. The molecule has 3 rings (SSSR count). The molecule has 0 N–H and O–H groups in total. The third kappa shape index (κ3) is 3.98. The molecule has 0 bridgehead atoms. The molecule has 0 saturated heterocycles. The lowest BCUT2D eigenvalue weighted by molar-refractivity contribution is 0.568. The van der Waals surface area contributed by atoms with Crippen LogP contribution in [-0.2, 0) is 16.6 Å². The van der Waals surface area contributed by atoms with Crippen LogP contribution in [0.5, 0.6) is 0 Å². The zero-order valence-corrected chi connectivity index (χ0v) is 15.2. The van der Waals surface area contributed by atoms with Crippen molar-refractivity contribution in [1.82, 2.24) is 0 Å². The van der Waals surface area contributed by atoms with E-state index >= 15 is 0 Å². The van der Waals surface area contributed by atoms with Crippen molar-refractivity contribution >= 4 is 15.7 Å². The molecule has 3 aromatic carbocycles. The van der Waals surface area contributed by atoms with E-state index in [2.05, 4.69) is 0 Å². The summed E-state index contributed by atoms with van der Waals surface area (Å²) in [6.07, 6.45) is 0. The molecule has 0 spiro atoms. The van der Waals surface area contributed by atoms with E-state index in [0.29, 0.717) is 11.6 Å². The molecular weight excluding hydrogens is 375 g/mol. The van der Waals surface area contributed by atoms with Crippen molar-refractivity contribution in [3.8, 4) is 0 Å². The fraction of sp³-hybridized carbons (Fsp3) is 0.100. The Kier molecular flexibility index (Phi) is 5.23. The van der Waals surface area contributed by atoms with Crippen LogP contribution in [0.3, 0.4) is 0 Å². The normalized spacial score (nSPS) is 11.4. The van der Waals surface area contributed by atoms with Crippen molar-refractivity contribution < 1.29 is 21.6 Å². The van der Waals surface area contributed by atoms with Gasteiger partial charge in [0.15, 0.2) is 0 Å². The Hall–Kier alpha value is -2.80. The van der Waals surface area contributed by atoms with Crippen molar-refractivity contribution in [3.63, 3.8) is 0 Å². The minimum Gasteiger partial charge on any atom is -0.262 e. The highest BCUT2D eigenvalue weighted by Crippen LogP contribution is 2.27. The summed E-state index contributed by atoms with van der Waals surface area (Å²) in [4.78, 5) is -0.253. The monoisotopic (exact) mass is 391 g/mol. The van der Waals surface area contributed by atoms with Gasteiger partial charge in [0.05, 0.1) is 17.1 Å². The first kappa shape index (κ1) is 19.0. The second-order valence-electron chi connectivity index (χ2n) is 5.99. The van der Waals surface area contributed by atoms with Crippen molar-refractivity contribution in [1.29, 1.82) is 0 Å². The molecule has 0 aliphatic heterocycles. The van der Waals surface area contributed by atoms with Gasteiger partial charge < -0.3 is 0 Å². The van der Waals surface area contributed by atoms with Crippen LogP contribution in [0.1, 0.15) is 11.1 Å². The summed E-state index contributed by atoms with van der Waals surface area (Å²) in [5, 5.41) is 0. The van der Waals surface area contributed by atoms with Gasteiger partial charge in [-0.1, -0.05) is 30.3 Å². The van der Waals surface area contributed by atoms with E-state index < -0.39 is 27.5 Å². The summed E-state index contributed by atoms with van der Waals surface area (Å²) < 4.78 is 68.5. The van der Waals surface area contributed by atoms with Crippen molar-refractivity contribution in [2.45, 2.75) is 18.4 Å². The average molecular weight is 391 g/mol. The van der Waals surface area contributed by atoms with Crippen molar-refractivity contribution in [3.05, 3.63) is 95.3 Å². The minimum atomic E-state index is -4.19. The molecule has 0 aliphatic rings. The molecule has 7 heteroatoms. The highest BCUT2D eigenvalue weighted by molar-refractivity contribution is 7.92. The summed E-state index contributed by atoms with van der Waals surface area (Å²) in [6, 6.07) is 14.6. The van der Waals surface area contributed by atoms with Crippen LogP contribution >= 0.6 is 0 Å². The number of hydrogen-bond donors (Lipinski definition) is 0. The molecule has 27 heavy (non-hydrogen) atoms. The molecule has 0 saturated carbocycles. The van der Waals surface area contributed by atoms with Crippen LogP contribution in [0.4, 0.5) is 18.9 Å². The molecule has 0 amide bonds. The summed E-state index contributed by atoms with van der Waals surface area (Å²) in [7, 11) is -4.19. The van der Waals surface area contributed by atoms with Gasteiger partial charge in [-0.15, -0.1) is 0 Å². The number of halogens is 3. The van der Waals surface area contributed by atoms with Gasteiger partial charge in [0, 0.05) is 11.6 Å². The second kappa shape index (κ2) is 7.44. The quantitative estimate of drug-likeness (QED) is 0.626. The molecule has 3 nitrogen and oxygen atoms in total. The molecule has 0 aliphatic carbocycles. The summed E-state index contributed by atoms with van der Waals surface area (Å²) in [5.41, 5.74) is 0.586. The van der Waals surface area contributed by atoms with Gasteiger partial charge in [-0.3, -0.25) is 4.31 Å². The Bertz CT molecular complexity index is 1070. The van der Waals surface area contributed by atoms with Gasteiger partial charge in [0.2, 0.25) is 0 Å². The van der Waals surface area contributed by atoms with E-state index in [-0.39, 0.29) is 22.7 Å². The first-order valence-corrected chi connectivity index (χ1v) is 9.51. The maximum absolute atomic E-state index is 14.1. The molecule has 0 unspecified atom stereocenters. The summed E-state index contributed by atoms with van der Waals surface area (Å²) in [5.74, 6) is -2.27. The smallest absolute Gasteiger partial charge is 0.262 e. The number of aryl methyl sites for hydroxylation is 1. The predicted octanol–water partition coefficient (Wildman–Crippen LogP) is 4.81. The molecule has 0 aromatic heterocycles. The fourth-order valence-corrected chi connectivity index (χ4v) is 4.03. The van der Waals surface area contributed by atoms with Crippen molar-refractivity contribution in [2.75, 3.05) is 4.31 Å². The van der Waals surface area contributed by atoms with Gasteiger partial charge in [0.1, 0.15) is 17.5 Å². The van der Waals surface area contributed by atoms with Crippen LogP contribution in [0, 0.1) is 24.4 Å². The van der Waals surface area contributed by atoms with Gasteiger partial charge in [-0.2, -0.15) is 0 Å². The van der Waals surface area contributed by atoms with E-state index in [1.54, 1.807) is 30.3 Å². The van der Waals surface area contributed by atoms with Crippen LogP contribution in [0.15, 0.2) is 71.6 Å². The number of hydrogen-bond acceptors (Lipinski definition) is 2. The number of nitrogens with zero attached hydrogens (tertiary/aromatic N) is 1. The van der Waals surface area contributed by atoms with Crippen molar-refractivity contribution in [2.24, 2.45) is 0 Å². The van der Waals surface area contributed by atoms with Gasteiger partial charge in [0.25, 0.3) is 10.0 Å². The first-order valence-electron chi connectivity index (χ1n) is 8.07. The SMILES string of the molecule is Cc1ccc(S(=O)(=O)N(Cc2ccc(F)cc2F)c2ccccc2)cc1F. The Morgan fingerprint density at radius 1 is 0.852 bits per heavy atom. The standard InChI is InChI=1S/C20H16F3NO2S/c1-14-7-10-18(12-19(14)22)27(25,26)24(17-5-3-2-4-6-17)13-15-8-9-16(21)11-20(15)23/h2-12H,13H2,1H3. The summed E-state index contributed by atoms with van der Waals surface area (Å²) in [6.45, 7) is 1.16. The highest BCUT2D eigenvalue weighted by Gasteiger charge is 2.27. The largest absolute Gasteiger partial charge is 0.264 e. The molecular formula is C20H16F3NO2S. The van der Waals surface area contributed by atoms with Gasteiger partial charge in [-0.25, -0.2) is 21.6 Å². The van der Waals surface area contributed by atoms with E-state index in [1.165, 1.54) is 25.1 Å². The topological polar surface area (TPSA) is 37.4 Å². The highest BCUT2D eigenvalue weighted by atomic mass is 32.2. The van der Waals surface area contributed by atoms with Crippen LogP contribution in [0.2, 0.25) is 0 Å². The lowest BCUT2D eigenvalue weighted by Crippen LogP contribution is -2.31. The fourth-order valence-electron chi connectivity index (χ4n) is 2.58. The van der Waals surface area contributed by atoms with E-state index in [1.807, 2.05) is 0 Å². The number of para-hydroxylation sites is 1. The Balaban J connectivity index is 2.10. The number of benzene rings is 3. The number of anilines is 1. The number of rotatable bonds is 5. The molecule has 0 fully saturated rings. The first-order chi connectivity index (χ1) is 12.8. The van der Waals surface area contributed by atoms with Gasteiger partial charge in [-0.05, 0) is 42.8 Å². The van der Waals surface area contributed by atoms with E-state index in [0.717, 1.165) is 16.4 Å². The third-order valence-corrected chi connectivity index (χ3v) is 5.87. The van der Waals surface area contributed by atoms with Crippen LogP contribution in [-0.4, -0.2) is 8.42 Å². The Morgan fingerprint density at radius 3 is 2.19 bits per heavy atom. The molecule has 0 radical (unpaired) electrons. The van der Waals surface area contributed by atoms with Gasteiger partial charge >= 0.3 is 0 Å². The molecule has 0 heterocycles. The Labute approximate surface area is 155 Å². The third-order valence-electron chi connectivity index (χ3n) is 4.10. The van der Waals surface area contributed by atoms with E-state index in [4.69, 9.17) is 0 Å². The molecule has 140 valence electrons. The van der Waals surface area contributed by atoms with Crippen LogP contribution in [0.25, 0.3) is 0 Å². The molecule has 0 atom stereocenters. The zero-order chi connectivity index (χ0) is 19.6. The maximum Gasteiger partial charge on any atom is 0.264 e. The van der Waals surface area contributed by atoms with Crippen LogP contribution < -0.4 is 4.31 Å². The Morgan fingerprint density at radius 2 is 1.56 bits per heavy atom. The minimum absolute atomic E-state index is 0.00332. The van der Waals surface area contributed by atoms with E-state index in [9.17, 15) is 21.6 Å². The maximum atomic E-state index is 14.1. The zero-order valence-electron chi connectivity index (χ0n) is 14.4.